The van der Waals surface area contributed by atoms with Crippen molar-refractivity contribution in [2.24, 2.45) is 5.73 Å². The van der Waals surface area contributed by atoms with Crippen LogP contribution in [0.3, 0.4) is 0 Å². The molecule has 3 heteroatoms. The van der Waals surface area contributed by atoms with Gasteiger partial charge in [0.1, 0.15) is 5.75 Å². The van der Waals surface area contributed by atoms with Crippen LogP contribution in [0.2, 0.25) is 0 Å². The van der Waals surface area contributed by atoms with Gasteiger partial charge in [-0.3, -0.25) is 0 Å². The molecule has 0 bridgehead atoms. The molecular weight excluding hydrogens is 262 g/mol. The second-order valence-corrected chi connectivity index (χ2v) is 6.56. The monoisotopic (exact) mass is 289 g/mol. The van der Waals surface area contributed by atoms with Crippen LogP contribution >= 0.6 is 0 Å². The van der Waals surface area contributed by atoms with Gasteiger partial charge in [-0.05, 0) is 49.3 Å². The van der Waals surface area contributed by atoms with E-state index in [9.17, 15) is 0 Å². The second kappa shape index (κ2) is 6.37. The third kappa shape index (κ3) is 3.09. The van der Waals surface area contributed by atoms with Crippen LogP contribution in [0.1, 0.15) is 62.0 Å². The molecule has 0 aromatic heterocycles. The minimum Gasteiger partial charge on any atom is -0.496 e. The topological polar surface area (TPSA) is 44.5 Å². The second-order valence-electron chi connectivity index (χ2n) is 6.56. The molecule has 1 aromatic rings. The fraction of sp³-hybridized carbons (Fsp3) is 0.667. The van der Waals surface area contributed by atoms with E-state index in [1.807, 2.05) is 0 Å². The maximum Gasteiger partial charge on any atom is 0.123 e. The van der Waals surface area contributed by atoms with Crippen molar-refractivity contribution in [1.29, 1.82) is 0 Å². The SMILES string of the molecule is COc1ccc(C2CCOCC2)cc1C1(N)CCCCC1. The first-order chi connectivity index (χ1) is 10.2. The van der Waals surface area contributed by atoms with E-state index >= 15 is 0 Å². The van der Waals surface area contributed by atoms with Crippen molar-refractivity contribution in [1.82, 2.24) is 0 Å². The lowest BCUT2D eigenvalue weighted by molar-refractivity contribution is 0.0853. The Hall–Kier alpha value is -1.06. The molecule has 0 atom stereocenters. The summed E-state index contributed by atoms with van der Waals surface area (Å²) in [5, 5.41) is 0. The largest absolute Gasteiger partial charge is 0.496 e. The fourth-order valence-corrected chi connectivity index (χ4v) is 3.85. The fourth-order valence-electron chi connectivity index (χ4n) is 3.85. The average Bonchev–Trinajstić information content (AvgIpc) is 2.56. The number of benzene rings is 1. The molecule has 0 unspecified atom stereocenters. The first-order valence-corrected chi connectivity index (χ1v) is 8.28. The van der Waals surface area contributed by atoms with Crippen molar-refractivity contribution in [3.8, 4) is 5.75 Å². The summed E-state index contributed by atoms with van der Waals surface area (Å²) in [6, 6.07) is 6.65. The number of methoxy groups -OCH3 is 1. The van der Waals surface area contributed by atoms with Gasteiger partial charge in [-0.1, -0.05) is 25.3 Å². The average molecular weight is 289 g/mol. The maximum atomic E-state index is 6.75. The van der Waals surface area contributed by atoms with Crippen LogP contribution in [-0.4, -0.2) is 20.3 Å². The van der Waals surface area contributed by atoms with Crippen LogP contribution in [0.5, 0.6) is 5.75 Å². The lowest BCUT2D eigenvalue weighted by Crippen LogP contribution is -2.39. The Balaban J connectivity index is 1.92. The molecule has 1 aliphatic heterocycles. The molecular formula is C18H27NO2. The summed E-state index contributed by atoms with van der Waals surface area (Å²) in [6.45, 7) is 1.75. The highest BCUT2D eigenvalue weighted by Crippen LogP contribution is 2.41. The number of nitrogens with two attached hydrogens (primary N) is 1. The third-order valence-electron chi connectivity index (χ3n) is 5.20. The maximum absolute atomic E-state index is 6.75. The van der Waals surface area contributed by atoms with E-state index < -0.39 is 0 Å². The summed E-state index contributed by atoms with van der Waals surface area (Å²) in [4.78, 5) is 0. The van der Waals surface area contributed by atoms with Crippen LogP contribution in [0.4, 0.5) is 0 Å². The highest BCUT2D eigenvalue weighted by molar-refractivity contribution is 5.43. The summed E-state index contributed by atoms with van der Waals surface area (Å²) in [5.74, 6) is 1.56. The van der Waals surface area contributed by atoms with E-state index in [1.54, 1.807) is 7.11 Å². The lowest BCUT2D eigenvalue weighted by Gasteiger charge is -2.35. The molecule has 1 aromatic carbocycles. The van der Waals surface area contributed by atoms with E-state index in [2.05, 4.69) is 18.2 Å². The molecule has 21 heavy (non-hydrogen) atoms. The van der Waals surface area contributed by atoms with E-state index in [4.69, 9.17) is 15.2 Å². The van der Waals surface area contributed by atoms with Gasteiger partial charge >= 0.3 is 0 Å². The van der Waals surface area contributed by atoms with Gasteiger partial charge in [0.25, 0.3) is 0 Å². The van der Waals surface area contributed by atoms with Crippen LogP contribution in [0.15, 0.2) is 18.2 Å². The molecule has 3 nitrogen and oxygen atoms in total. The van der Waals surface area contributed by atoms with Crippen molar-refractivity contribution < 1.29 is 9.47 Å². The predicted octanol–water partition coefficient (Wildman–Crippen LogP) is 3.71. The van der Waals surface area contributed by atoms with Gasteiger partial charge in [0.05, 0.1) is 7.11 Å². The Bertz CT molecular complexity index is 474. The molecule has 2 aliphatic rings. The predicted molar refractivity (Wildman–Crippen MR) is 84.7 cm³/mol. The summed E-state index contributed by atoms with van der Waals surface area (Å²) in [6.07, 6.45) is 8.12. The van der Waals surface area contributed by atoms with E-state index in [1.165, 1.54) is 30.4 Å². The number of rotatable bonds is 3. The van der Waals surface area contributed by atoms with E-state index in [0.717, 1.165) is 44.6 Å². The Labute approximate surface area is 127 Å². The lowest BCUT2D eigenvalue weighted by atomic mass is 9.76. The van der Waals surface area contributed by atoms with Gasteiger partial charge in [0.15, 0.2) is 0 Å². The molecule has 3 rings (SSSR count). The highest BCUT2D eigenvalue weighted by Gasteiger charge is 2.33. The normalized spacial score (nSPS) is 23.0. The van der Waals surface area contributed by atoms with E-state index in [0.29, 0.717) is 5.92 Å². The van der Waals surface area contributed by atoms with Gasteiger partial charge in [-0.15, -0.1) is 0 Å². The highest BCUT2D eigenvalue weighted by atomic mass is 16.5. The van der Waals surface area contributed by atoms with Crippen LogP contribution in [-0.2, 0) is 10.3 Å². The molecule has 0 amide bonds. The van der Waals surface area contributed by atoms with Crippen molar-refractivity contribution in [3.63, 3.8) is 0 Å². The summed E-state index contributed by atoms with van der Waals surface area (Å²) in [5.41, 5.74) is 9.17. The minimum atomic E-state index is -0.204. The first kappa shape index (κ1) is 14.9. The van der Waals surface area contributed by atoms with Crippen LogP contribution in [0.25, 0.3) is 0 Å². The zero-order valence-corrected chi connectivity index (χ0v) is 13.1. The van der Waals surface area contributed by atoms with Crippen molar-refractivity contribution >= 4 is 0 Å². The molecule has 0 spiro atoms. The van der Waals surface area contributed by atoms with Crippen LogP contribution < -0.4 is 10.5 Å². The van der Waals surface area contributed by atoms with Gasteiger partial charge in [0, 0.05) is 24.3 Å². The van der Waals surface area contributed by atoms with Gasteiger partial charge in [-0.25, -0.2) is 0 Å². The van der Waals surface area contributed by atoms with Crippen molar-refractivity contribution in [2.45, 2.75) is 56.4 Å². The molecule has 116 valence electrons. The summed E-state index contributed by atoms with van der Waals surface area (Å²) < 4.78 is 11.1. The van der Waals surface area contributed by atoms with Crippen LogP contribution in [0, 0.1) is 0 Å². The molecule has 2 fully saturated rings. The molecule has 0 radical (unpaired) electrons. The Morgan fingerprint density at radius 2 is 1.86 bits per heavy atom. The smallest absolute Gasteiger partial charge is 0.123 e. The number of ether oxygens (including phenoxy) is 2. The Kier molecular flexibility index (Phi) is 4.51. The quantitative estimate of drug-likeness (QED) is 0.922. The molecule has 1 aliphatic carbocycles. The molecule has 2 N–H and O–H groups in total. The van der Waals surface area contributed by atoms with Crippen molar-refractivity contribution in [2.75, 3.05) is 20.3 Å². The molecule has 1 saturated heterocycles. The number of hydrogen-bond acceptors (Lipinski definition) is 3. The first-order valence-electron chi connectivity index (χ1n) is 8.28. The van der Waals surface area contributed by atoms with Gasteiger partial charge < -0.3 is 15.2 Å². The standard InChI is InChI=1S/C18H27NO2/c1-20-17-6-5-15(14-7-11-21-12-8-14)13-16(17)18(19)9-3-2-4-10-18/h5-6,13-14H,2-4,7-12,19H2,1H3. The van der Waals surface area contributed by atoms with Gasteiger partial charge in [0.2, 0.25) is 0 Å². The zero-order valence-electron chi connectivity index (χ0n) is 13.1. The molecule has 1 heterocycles. The molecule has 1 saturated carbocycles. The zero-order chi connectivity index (χ0) is 14.7. The van der Waals surface area contributed by atoms with E-state index in [-0.39, 0.29) is 5.54 Å². The van der Waals surface area contributed by atoms with Gasteiger partial charge in [-0.2, -0.15) is 0 Å². The Morgan fingerprint density at radius 1 is 1.14 bits per heavy atom. The van der Waals surface area contributed by atoms with Crippen molar-refractivity contribution in [3.05, 3.63) is 29.3 Å². The minimum absolute atomic E-state index is 0.204. The third-order valence-corrected chi connectivity index (χ3v) is 5.20. The summed E-state index contributed by atoms with van der Waals surface area (Å²) in [7, 11) is 1.75. The Morgan fingerprint density at radius 3 is 2.52 bits per heavy atom. The number of hydrogen-bond donors (Lipinski definition) is 1. The summed E-state index contributed by atoms with van der Waals surface area (Å²) >= 11 is 0.